The van der Waals surface area contributed by atoms with Crippen molar-refractivity contribution in [3.63, 3.8) is 0 Å². The summed E-state index contributed by atoms with van der Waals surface area (Å²) in [6.45, 7) is -0.402. The summed E-state index contributed by atoms with van der Waals surface area (Å²) in [4.78, 5) is 24.5. The van der Waals surface area contributed by atoms with Crippen LogP contribution in [0.1, 0.15) is 0 Å². The van der Waals surface area contributed by atoms with Crippen LogP contribution in [0.25, 0.3) is 11.3 Å². The molecule has 32 heavy (non-hydrogen) atoms. The average molecular weight is 449 g/mol. The largest absolute Gasteiger partial charge is 0.573 e. The molecular formula is C21H18F3N3O5. The predicted octanol–water partition coefficient (Wildman–Crippen LogP) is 3.46. The Labute approximate surface area is 180 Å². The van der Waals surface area contributed by atoms with Crippen molar-refractivity contribution in [3.8, 4) is 28.5 Å². The van der Waals surface area contributed by atoms with E-state index in [4.69, 9.17) is 9.47 Å². The van der Waals surface area contributed by atoms with E-state index in [0.29, 0.717) is 22.8 Å². The molecule has 0 saturated heterocycles. The minimum atomic E-state index is -4.81. The Morgan fingerprint density at radius 1 is 1.00 bits per heavy atom. The summed E-state index contributed by atoms with van der Waals surface area (Å²) in [6, 6.07) is 12.5. The fraction of sp³-hybridized carbons (Fsp3) is 0.190. The van der Waals surface area contributed by atoms with E-state index < -0.39 is 30.1 Å². The van der Waals surface area contributed by atoms with E-state index in [-0.39, 0.29) is 5.69 Å². The quantitative estimate of drug-likeness (QED) is 0.594. The fourth-order valence-electron chi connectivity index (χ4n) is 2.79. The second kappa shape index (κ2) is 9.41. The molecule has 0 unspecified atom stereocenters. The second-order valence-corrected chi connectivity index (χ2v) is 6.40. The van der Waals surface area contributed by atoms with E-state index >= 15 is 0 Å². The number of methoxy groups -OCH3 is 2. The van der Waals surface area contributed by atoms with E-state index in [2.05, 4.69) is 15.2 Å². The zero-order valence-electron chi connectivity index (χ0n) is 17.0. The number of hydrogen-bond donors (Lipinski definition) is 1. The Morgan fingerprint density at radius 3 is 2.31 bits per heavy atom. The molecule has 8 nitrogen and oxygen atoms in total. The third-order valence-electron chi connectivity index (χ3n) is 4.21. The summed E-state index contributed by atoms with van der Waals surface area (Å²) < 4.78 is 51.9. The number of amides is 1. The van der Waals surface area contributed by atoms with Crippen molar-refractivity contribution >= 4 is 11.6 Å². The van der Waals surface area contributed by atoms with Crippen molar-refractivity contribution in [2.75, 3.05) is 19.5 Å². The highest BCUT2D eigenvalue weighted by Gasteiger charge is 2.30. The summed E-state index contributed by atoms with van der Waals surface area (Å²) in [6.07, 6.45) is -4.81. The number of aromatic nitrogens is 2. The number of nitrogens with zero attached hydrogens (tertiary/aromatic N) is 2. The molecule has 3 rings (SSSR count). The number of ether oxygens (including phenoxy) is 3. The van der Waals surface area contributed by atoms with Crippen molar-refractivity contribution in [1.82, 2.24) is 9.78 Å². The number of anilines is 1. The molecule has 1 N–H and O–H groups in total. The van der Waals surface area contributed by atoms with Crippen LogP contribution >= 0.6 is 0 Å². The first-order valence-electron chi connectivity index (χ1n) is 9.15. The highest BCUT2D eigenvalue weighted by atomic mass is 19.4. The van der Waals surface area contributed by atoms with Crippen LogP contribution in [0.2, 0.25) is 0 Å². The Kier molecular flexibility index (Phi) is 6.67. The van der Waals surface area contributed by atoms with Gasteiger partial charge in [0.05, 0.1) is 19.9 Å². The lowest BCUT2D eigenvalue weighted by Crippen LogP contribution is -2.29. The molecule has 0 bridgehead atoms. The minimum Gasteiger partial charge on any atom is -0.493 e. The lowest BCUT2D eigenvalue weighted by molar-refractivity contribution is -0.274. The molecule has 168 valence electrons. The molecule has 1 aromatic heterocycles. The molecule has 0 saturated carbocycles. The Bertz CT molecular complexity index is 1160. The summed E-state index contributed by atoms with van der Waals surface area (Å²) in [7, 11) is 2.99. The topological polar surface area (TPSA) is 91.7 Å². The normalized spacial score (nSPS) is 11.0. The molecule has 1 heterocycles. The monoisotopic (exact) mass is 449 g/mol. The zero-order chi connectivity index (χ0) is 23.3. The van der Waals surface area contributed by atoms with Gasteiger partial charge in [-0.1, -0.05) is 0 Å². The van der Waals surface area contributed by atoms with Gasteiger partial charge in [0.15, 0.2) is 11.5 Å². The number of hydrogen-bond acceptors (Lipinski definition) is 6. The smallest absolute Gasteiger partial charge is 0.493 e. The van der Waals surface area contributed by atoms with E-state index in [1.807, 2.05) is 0 Å². The molecular weight excluding hydrogens is 431 g/mol. The molecule has 0 spiro atoms. The minimum absolute atomic E-state index is 0.230. The van der Waals surface area contributed by atoms with Crippen molar-refractivity contribution in [2.45, 2.75) is 12.9 Å². The number of alkyl halides is 3. The van der Waals surface area contributed by atoms with Crippen molar-refractivity contribution in [1.29, 1.82) is 0 Å². The fourth-order valence-corrected chi connectivity index (χ4v) is 2.79. The number of carbonyl (C=O) groups excluding carboxylic acids is 1. The molecule has 0 atom stereocenters. The molecule has 0 aliphatic rings. The van der Waals surface area contributed by atoms with Crippen LogP contribution in [-0.2, 0) is 11.3 Å². The first-order chi connectivity index (χ1) is 15.2. The highest BCUT2D eigenvalue weighted by Crippen LogP contribution is 2.31. The summed E-state index contributed by atoms with van der Waals surface area (Å²) in [5.41, 5.74) is 0.788. The SMILES string of the molecule is COc1ccc(-c2ccc(=O)n(CC(=O)Nc3ccc(OC(F)(F)F)cc3)n2)cc1OC. The molecule has 11 heteroatoms. The van der Waals surface area contributed by atoms with Gasteiger partial charge in [-0.05, 0) is 48.5 Å². The van der Waals surface area contributed by atoms with Gasteiger partial charge in [0, 0.05) is 17.3 Å². The number of benzene rings is 2. The van der Waals surface area contributed by atoms with Gasteiger partial charge < -0.3 is 19.5 Å². The number of carbonyl (C=O) groups is 1. The van der Waals surface area contributed by atoms with Crippen LogP contribution in [0.15, 0.2) is 59.4 Å². The molecule has 0 fully saturated rings. The first-order valence-corrected chi connectivity index (χ1v) is 9.15. The van der Waals surface area contributed by atoms with E-state index in [0.717, 1.165) is 16.8 Å². The van der Waals surface area contributed by atoms with Gasteiger partial charge in [-0.3, -0.25) is 9.59 Å². The molecule has 1 amide bonds. The van der Waals surface area contributed by atoms with Crippen molar-refractivity contribution in [3.05, 3.63) is 65.0 Å². The molecule has 2 aromatic carbocycles. The van der Waals surface area contributed by atoms with Gasteiger partial charge in [0.25, 0.3) is 5.56 Å². The van der Waals surface area contributed by atoms with Crippen LogP contribution in [0.5, 0.6) is 17.2 Å². The van der Waals surface area contributed by atoms with Gasteiger partial charge in [-0.15, -0.1) is 13.2 Å². The number of rotatable bonds is 7. The van der Waals surface area contributed by atoms with Crippen LogP contribution < -0.4 is 25.1 Å². The maximum absolute atomic E-state index is 12.3. The summed E-state index contributed by atoms with van der Waals surface area (Å²) >= 11 is 0. The standard InChI is InChI=1S/C21H18F3N3O5/c1-30-17-9-3-13(11-18(17)31-2)16-8-10-20(29)27(26-16)12-19(28)25-14-4-6-15(7-5-14)32-21(22,23)24/h3-11H,12H2,1-2H3,(H,25,28). The first kappa shape index (κ1) is 22.7. The highest BCUT2D eigenvalue weighted by molar-refractivity contribution is 5.90. The van der Waals surface area contributed by atoms with Gasteiger partial charge in [-0.2, -0.15) is 5.10 Å². The Hall–Kier alpha value is -4.02. The van der Waals surface area contributed by atoms with Gasteiger partial charge in [-0.25, -0.2) is 4.68 Å². The molecule has 0 aliphatic heterocycles. The summed E-state index contributed by atoms with van der Waals surface area (Å²) in [5, 5.41) is 6.70. The summed E-state index contributed by atoms with van der Waals surface area (Å²) in [5.74, 6) is -0.0135. The van der Waals surface area contributed by atoms with Gasteiger partial charge in [0.1, 0.15) is 12.3 Å². The van der Waals surface area contributed by atoms with E-state index in [1.54, 1.807) is 18.2 Å². The number of nitrogens with one attached hydrogen (secondary N) is 1. The van der Waals surface area contributed by atoms with Crippen LogP contribution in [-0.4, -0.2) is 36.3 Å². The predicted molar refractivity (Wildman–Crippen MR) is 109 cm³/mol. The molecule has 0 aliphatic carbocycles. The third-order valence-corrected chi connectivity index (χ3v) is 4.21. The Morgan fingerprint density at radius 2 is 1.69 bits per heavy atom. The number of halogens is 3. The van der Waals surface area contributed by atoms with Crippen LogP contribution in [0.4, 0.5) is 18.9 Å². The second-order valence-electron chi connectivity index (χ2n) is 6.40. The Balaban J connectivity index is 1.74. The van der Waals surface area contributed by atoms with E-state index in [9.17, 15) is 22.8 Å². The maximum Gasteiger partial charge on any atom is 0.573 e. The third kappa shape index (κ3) is 5.78. The van der Waals surface area contributed by atoms with Crippen LogP contribution in [0, 0.1) is 0 Å². The lowest BCUT2D eigenvalue weighted by atomic mass is 10.1. The maximum atomic E-state index is 12.3. The molecule has 3 aromatic rings. The zero-order valence-corrected chi connectivity index (χ0v) is 17.0. The van der Waals surface area contributed by atoms with E-state index in [1.165, 1.54) is 38.5 Å². The lowest BCUT2D eigenvalue weighted by Gasteiger charge is -2.11. The van der Waals surface area contributed by atoms with Gasteiger partial charge >= 0.3 is 6.36 Å². The average Bonchev–Trinajstić information content (AvgIpc) is 2.75. The van der Waals surface area contributed by atoms with Crippen molar-refractivity contribution in [2.24, 2.45) is 0 Å². The molecule has 0 radical (unpaired) electrons. The van der Waals surface area contributed by atoms with Crippen LogP contribution in [0.3, 0.4) is 0 Å². The van der Waals surface area contributed by atoms with Crippen molar-refractivity contribution < 1.29 is 32.2 Å². The van der Waals surface area contributed by atoms with Gasteiger partial charge in [0.2, 0.25) is 5.91 Å².